The molecule has 0 bridgehead atoms. The molecule has 0 saturated carbocycles. The van der Waals surface area contributed by atoms with Crippen LogP contribution in [0, 0.1) is 5.92 Å². The Labute approximate surface area is 89.9 Å². The van der Waals surface area contributed by atoms with Crippen molar-refractivity contribution >= 4 is 0 Å². The van der Waals surface area contributed by atoms with Crippen LogP contribution in [-0.4, -0.2) is 24.0 Å². The fraction of sp³-hybridized carbons (Fsp3) is 1.00. The van der Waals surface area contributed by atoms with Crippen LogP contribution in [0.15, 0.2) is 0 Å². The second kappa shape index (κ2) is 6.44. The molecule has 14 heavy (non-hydrogen) atoms. The van der Waals surface area contributed by atoms with Gasteiger partial charge in [0.1, 0.15) is 0 Å². The van der Waals surface area contributed by atoms with Crippen LogP contribution >= 0.6 is 0 Å². The largest absolute Gasteiger partial charge is 0.301 e. The number of piperidine rings is 1. The number of rotatable bonds is 5. The first-order valence-corrected chi connectivity index (χ1v) is 6.52. The Hall–Kier alpha value is -0.0400. The molecule has 0 aromatic heterocycles. The molecule has 1 saturated heterocycles. The van der Waals surface area contributed by atoms with Gasteiger partial charge in [-0.05, 0) is 45.2 Å². The lowest BCUT2D eigenvalue weighted by Crippen LogP contribution is -2.39. The van der Waals surface area contributed by atoms with Crippen LogP contribution in [0.4, 0.5) is 0 Å². The lowest BCUT2D eigenvalue weighted by Gasteiger charge is -2.35. The molecular weight excluding hydrogens is 170 g/mol. The van der Waals surface area contributed by atoms with Gasteiger partial charge >= 0.3 is 0 Å². The summed E-state index contributed by atoms with van der Waals surface area (Å²) in [6.45, 7) is 9.67. The van der Waals surface area contributed by atoms with Gasteiger partial charge < -0.3 is 4.90 Å². The zero-order valence-corrected chi connectivity index (χ0v) is 10.3. The van der Waals surface area contributed by atoms with Crippen LogP contribution in [0.1, 0.15) is 59.3 Å². The van der Waals surface area contributed by atoms with E-state index in [0.29, 0.717) is 0 Å². The number of hydrogen-bond acceptors (Lipinski definition) is 1. The first kappa shape index (κ1) is 12.0. The minimum atomic E-state index is 0.808. The third-order valence-electron chi connectivity index (χ3n) is 3.83. The van der Waals surface area contributed by atoms with Gasteiger partial charge in [-0.3, -0.25) is 0 Å². The minimum absolute atomic E-state index is 0.808. The van der Waals surface area contributed by atoms with E-state index in [1.807, 2.05) is 0 Å². The summed E-state index contributed by atoms with van der Waals surface area (Å²) in [6.07, 6.45) is 8.48. The van der Waals surface area contributed by atoms with E-state index in [-0.39, 0.29) is 0 Å². The Morgan fingerprint density at radius 2 is 1.86 bits per heavy atom. The Morgan fingerprint density at radius 1 is 1.21 bits per heavy atom. The average molecular weight is 197 g/mol. The molecule has 1 rings (SSSR count). The molecule has 1 heteroatoms. The summed E-state index contributed by atoms with van der Waals surface area (Å²) < 4.78 is 0. The Bertz CT molecular complexity index is 136. The molecule has 0 N–H and O–H groups in total. The van der Waals surface area contributed by atoms with Gasteiger partial charge in [0.2, 0.25) is 0 Å². The molecule has 1 fully saturated rings. The molecule has 1 unspecified atom stereocenters. The Morgan fingerprint density at radius 3 is 2.36 bits per heavy atom. The highest BCUT2D eigenvalue weighted by Gasteiger charge is 2.20. The van der Waals surface area contributed by atoms with Crippen LogP contribution in [0.5, 0.6) is 0 Å². The topological polar surface area (TPSA) is 3.24 Å². The van der Waals surface area contributed by atoms with E-state index in [1.165, 1.54) is 51.6 Å². The summed E-state index contributed by atoms with van der Waals surface area (Å²) in [5, 5.41) is 0. The average Bonchev–Trinajstić information content (AvgIpc) is 2.26. The van der Waals surface area contributed by atoms with E-state index < -0.39 is 0 Å². The first-order chi connectivity index (χ1) is 6.77. The third-order valence-corrected chi connectivity index (χ3v) is 3.83. The third kappa shape index (κ3) is 3.61. The summed E-state index contributed by atoms with van der Waals surface area (Å²) in [6, 6.07) is 0.808. The molecule has 84 valence electrons. The van der Waals surface area contributed by atoms with Gasteiger partial charge in [0.25, 0.3) is 0 Å². The van der Waals surface area contributed by atoms with Gasteiger partial charge in [-0.15, -0.1) is 0 Å². The van der Waals surface area contributed by atoms with E-state index in [2.05, 4.69) is 25.7 Å². The van der Waals surface area contributed by atoms with Crippen molar-refractivity contribution in [3.63, 3.8) is 0 Å². The molecule has 0 aliphatic carbocycles. The van der Waals surface area contributed by atoms with Gasteiger partial charge in [-0.25, -0.2) is 0 Å². The molecule has 0 aromatic rings. The zero-order valence-electron chi connectivity index (χ0n) is 10.3. The van der Waals surface area contributed by atoms with E-state index in [0.717, 1.165) is 12.0 Å². The standard InChI is InChI=1S/C13H27N/c1-4-6-7-13-8-10-14(11-9-13)12(3)5-2/h12-13H,4-11H2,1-3H3. The fourth-order valence-electron chi connectivity index (χ4n) is 2.43. The van der Waals surface area contributed by atoms with Gasteiger partial charge in [-0.2, -0.15) is 0 Å². The molecule has 0 amide bonds. The fourth-order valence-corrected chi connectivity index (χ4v) is 2.43. The van der Waals surface area contributed by atoms with Crippen molar-refractivity contribution in [1.29, 1.82) is 0 Å². The summed E-state index contributed by atoms with van der Waals surface area (Å²) in [5.41, 5.74) is 0. The second-order valence-corrected chi connectivity index (χ2v) is 4.88. The maximum absolute atomic E-state index is 2.67. The lowest BCUT2D eigenvalue weighted by molar-refractivity contribution is 0.133. The van der Waals surface area contributed by atoms with Gasteiger partial charge in [0, 0.05) is 6.04 Å². The van der Waals surface area contributed by atoms with Crippen LogP contribution in [0.25, 0.3) is 0 Å². The molecule has 1 nitrogen and oxygen atoms in total. The normalized spacial score (nSPS) is 22.5. The lowest BCUT2D eigenvalue weighted by atomic mass is 9.91. The van der Waals surface area contributed by atoms with Crippen molar-refractivity contribution < 1.29 is 0 Å². The van der Waals surface area contributed by atoms with Crippen molar-refractivity contribution in [2.24, 2.45) is 5.92 Å². The highest BCUT2D eigenvalue weighted by molar-refractivity contribution is 4.75. The highest BCUT2D eigenvalue weighted by atomic mass is 15.2. The quantitative estimate of drug-likeness (QED) is 0.650. The van der Waals surface area contributed by atoms with E-state index in [1.54, 1.807) is 0 Å². The maximum atomic E-state index is 2.67. The monoisotopic (exact) mass is 197 g/mol. The molecule has 0 radical (unpaired) electrons. The summed E-state index contributed by atoms with van der Waals surface area (Å²) in [7, 11) is 0. The summed E-state index contributed by atoms with van der Waals surface area (Å²) in [5.74, 6) is 1.04. The van der Waals surface area contributed by atoms with Crippen LogP contribution in [0.3, 0.4) is 0 Å². The summed E-state index contributed by atoms with van der Waals surface area (Å²) in [4.78, 5) is 2.67. The van der Waals surface area contributed by atoms with Crippen molar-refractivity contribution in [3.8, 4) is 0 Å². The second-order valence-electron chi connectivity index (χ2n) is 4.88. The highest BCUT2D eigenvalue weighted by Crippen LogP contribution is 2.24. The predicted octanol–water partition coefficient (Wildman–Crippen LogP) is 3.69. The Balaban J connectivity index is 2.17. The minimum Gasteiger partial charge on any atom is -0.301 e. The molecule has 1 aliphatic heterocycles. The van der Waals surface area contributed by atoms with E-state index in [9.17, 15) is 0 Å². The zero-order chi connectivity index (χ0) is 10.4. The molecule has 1 atom stereocenters. The van der Waals surface area contributed by atoms with Crippen molar-refractivity contribution in [3.05, 3.63) is 0 Å². The number of hydrogen-bond donors (Lipinski definition) is 0. The van der Waals surface area contributed by atoms with Crippen LogP contribution in [-0.2, 0) is 0 Å². The first-order valence-electron chi connectivity index (χ1n) is 6.52. The van der Waals surface area contributed by atoms with Crippen LogP contribution in [0.2, 0.25) is 0 Å². The van der Waals surface area contributed by atoms with Crippen molar-refractivity contribution in [2.45, 2.75) is 65.3 Å². The molecular formula is C13H27N. The molecule has 1 heterocycles. The molecule has 1 aliphatic rings. The predicted molar refractivity (Wildman–Crippen MR) is 63.6 cm³/mol. The van der Waals surface area contributed by atoms with Gasteiger partial charge in [-0.1, -0.05) is 33.1 Å². The molecule has 0 aromatic carbocycles. The SMILES string of the molecule is CCCCC1CCN(C(C)CC)CC1. The van der Waals surface area contributed by atoms with Gasteiger partial charge in [0.15, 0.2) is 0 Å². The maximum Gasteiger partial charge on any atom is 0.00643 e. The Kier molecular flexibility index (Phi) is 5.54. The molecule has 0 spiro atoms. The number of nitrogens with zero attached hydrogens (tertiary/aromatic N) is 1. The van der Waals surface area contributed by atoms with Crippen molar-refractivity contribution in [1.82, 2.24) is 4.90 Å². The van der Waals surface area contributed by atoms with E-state index in [4.69, 9.17) is 0 Å². The van der Waals surface area contributed by atoms with E-state index >= 15 is 0 Å². The number of unbranched alkanes of at least 4 members (excludes halogenated alkanes) is 1. The smallest absolute Gasteiger partial charge is 0.00643 e. The summed E-state index contributed by atoms with van der Waals surface area (Å²) >= 11 is 0. The van der Waals surface area contributed by atoms with Crippen molar-refractivity contribution in [2.75, 3.05) is 13.1 Å². The van der Waals surface area contributed by atoms with Crippen LogP contribution < -0.4 is 0 Å². The number of likely N-dealkylation sites (tertiary alicyclic amines) is 1. The van der Waals surface area contributed by atoms with Gasteiger partial charge in [0.05, 0.1) is 0 Å².